The van der Waals surface area contributed by atoms with Crippen LogP contribution in [0.5, 0.6) is 0 Å². The van der Waals surface area contributed by atoms with E-state index in [9.17, 15) is 4.79 Å². The number of halogens is 1. The molecule has 3 rings (SSSR count). The first-order chi connectivity index (χ1) is 11.1. The van der Waals surface area contributed by atoms with Crippen molar-refractivity contribution in [3.05, 3.63) is 40.7 Å². The van der Waals surface area contributed by atoms with Gasteiger partial charge in [0, 0.05) is 17.7 Å². The van der Waals surface area contributed by atoms with E-state index in [1.165, 1.54) is 4.80 Å². The molecule has 7 heteroatoms. The fourth-order valence-electron chi connectivity index (χ4n) is 2.60. The first kappa shape index (κ1) is 16.0. The van der Waals surface area contributed by atoms with E-state index in [0.29, 0.717) is 34.4 Å². The lowest BCUT2D eigenvalue weighted by Crippen LogP contribution is -2.37. The average Bonchev–Trinajstić information content (AvgIpc) is 3.29. The molecule has 1 aliphatic carbocycles. The maximum atomic E-state index is 12.5. The van der Waals surface area contributed by atoms with Crippen LogP contribution in [0.3, 0.4) is 0 Å². The second kappa shape index (κ2) is 6.68. The van der Waals surface area contributed by atoms with Crippen molar-refractivity contribution in [3.8, 4) is 5.69 Å². The van der Waals surface area contributed by atoms with Crippen LogP contribution < -0.4 is 5.32 Å². The molecule has 0 saturated heterocycles. The van der Waals surface area contributed by atoms with Crippen LogP contribution in [0.15, 0.2) is 24.3 Å². The molecule has 122 valence electrons. The first-order valence-corrected chi connectivity index (χ1v) is 8.08. The zero-order valence-corrected chi connectivity index (χ0v) is 13.6. The molecule has 6 nitrogen and oxygen atoms in total. The maximum Gasteiger partial charge on any atom is 0.273 e. The second-order valence-corrected chi connectivity index (χ2v) is 6.27. The van der Waals surface area contributed by atoms with Crippen molar-refractivity contribution in [2.45, 2.75) is 32.2 Å². The summed E-state index contributed by atoms with van der Waals surface area (Å²) in [6.45, 7) is 1.82. The summed E-state index contributed by atoms with van der Waals surface area (Å²) >= 11 is 5.98. The Kier molecular flexibility index (Phi) is 4.63. The third-order valence-electron chi connectivity index (χ3n) is 3.98. The van der Waals surface area contributed by atoms with Crippen molar-refractivity contribution in [1.82, 2.24) is 20.3 Å². The van der Waals surface area contributed by atoms with Crippen molar-refractivity contribution in [1.29, 1.82) is 0 Å². The number of hydrogen-bond donors (Lipinski definition) is 2. The molecule has 1 heterocycles. The Bertz CT molecular complexity index is 712. The number of carbonyl (C=O) groups excluding carboxylic acids is 1. The summed E-state index contributed by atoms with van der Waals surface area (Å²) in [5.41, 5.74) is 1.56. The lowest BCUT2D eigenvalue weighted by molar-refractivity contribution is 0.0918. The molecular weight excluding hydrogens is 316 g/mol. The Labute approximate surface area is 139 Å². The smallest absolute Gasteiger partial charge is 0.273 e. The maximum absolute atomic E-state index is 12.5. The van der Waals surface area contributed by atoms with Gasteiger partial charge < -0.3 is 10.4 Å². The zero-order chi connectivity index (χ0) is 16.4. The van der Waals surface area contributed by atoms with Crippen LogP contribution in [-0.2, 0) is 0 Å². The molecule has 1 amide bonds. The average molecular weight is 335 g/mol. The Balaban J connectivity index is 1.78. The van der Waals surface area contributed by atoms with E-state index in [-0.39, 0.29) is 18.6 Å². The SMILES string of the molecule is Cc1nn(-c2cccc(Cl)c2)nc1C(=O)NC(CCO)C1CC1. The molecular formula is C16H19ClN4O2. The molecule has 0 aliphatic heterocycles. The van der Waals surface area contributed by atoms with Crippen LogP contribution in [-0.4, -0.2) is 38.7 Å². The van der Waals surface area contributed by atoms with Crippen molar-refractivity contribution >= 4 is 17.5 Å². The van der Waals surface area contributed by atoms with E-state index in [0.717, 1.165) is 12.8 Å². The minimum absolute atomic E-state index is 0.00298. The number of aliphatic hydroxyl groups is 1. The standard InChI is InChI=1S/C16H19ClN4O2/c1-10-15(16(23)18-14(7-8-22)11-5-6-11)20-21(19-10)13-4-2-3-12(17)9-13/h2-4,9,11,14,22H,5-8H2,1H3,(H,18,23). The predicted molar refractivity (Wildman–Crippen MR) is 86.8 cm³/mol. The number of nitrogens with one attached hydrogen (secondary N) is 1. The van der Waals surface area contributed by atoms with Gasteiger partial charge in [-0.2, -0.15) is 9.90 Å². The third-order valence-corrected chi connectivity index (χ3v) is 4.22. The summed E-state index contributed by atoms with van der Waals surface area (Å²) in [5, 5.41) is 21.3. The highest BCUT2D eigenvalue weighted by molar-refractivity contribution is 6.30. The van der Waals surface area contributed by atoms with Gasteiger partial charge in [0.15, 0.2) is 5.69 Å². The van der Waals surface area contributed by atoms with Crippen LogP contribution in [0.25, 0.3) is 5.69 Å². The number of benzene rings is 1. The summed E-state index contributed by atoms with van der Waals surface area (Å²) in [7, 11) is 0. The van der Waals surface area contributed by atoms with Gasteiger partial charge in [-0.25, -0.2) is 0 Å². The number of aromatic nitrogens is 3. The minimum atomic E-state index is -0.249. The van der Waals surface area contributed by atoms with Gasteiger partial charge in [-0.05, 0) is 50.3 Å². The molecule has 1 aromatic heterocycles. The molecule has 1 aliphatic rings. The van der Waals surface area contributed by atoms with E-state index in [2.05, 4.69) is 15.5 Å². The highest BCUT2D eigenvalue weighted by Crippen LogP contribution is 2.34. The quantitative estimate of drug-likeness (QED) is 0.848. The molecule has 2 N–H and O–H groups in total. The van der Waals surface area contributed by atoms with Gasteiger partial charge in [0.1, 0.15) is 0 Å². The molecule has 1 atom stereocenters. The largest absolute Gasteiger partial charge is 0.396 e. The van der Waals surface area contributed by atoms with Crippen molar-refractivity contribution < 1.29 is 9.90 Å². The van der Waals surface area contributed by atoms with Crippen molar-refractivity contribution in [2.24, 2.45) is 5.92 Å². The van der Waals surface area contributed by atoms with E-state index in [4.69, 9.17) is 16.7 Å². The third kappa shape index (κ3) is 3.71. The minimum Gasteiger partial charge on any atom is -0.396 e. The molecule has 0 spiro atoms. The van der Waals surface area contributed by atoms with Crippen molar-refractivity contribution in [2.75, 3.05) is 6.61 Å². The molecule has 1 saturated carbocycles. The van der Waals surface area contributed by atoms with Crippen LogP contribution in [0.2, 0.25) is 5.02 Å². The van der Waals surface area contributed by atoms with E-state index in [1.807, 2.05) is 6.07 Å². The molecule has 23 heavy (non-hydrogen) atoms. The molecule has 1 fully saturated rings. The van der Waals surface area contributed by atoms with Crippen LogP contribution in [0.1, 0.15) is 35.4 Å². The molecule has 0 radical (unpaired) electrons. The Morgan fingerprint density at radius 2 is 2.26 bits per heavy atom. The van der Waals surface area contributed by atoms with Gasteiger partial charge in [0.05, 0.1) is 11.4 Å². The molecule has 0 bridgehead atoms. The van der Waals surface area contributed by atoms with Crippen molar-refractivity contribution in [3.63, 3.8) is 0 Å². The van der Waals surface area contributed by atoms with Gasteiger partial charge in [0.2, 0.25) is 0 Å². The normalized spacial score (nSPS) is 15.4. The van der Waals surface area contributed by atoms with Gasteiger partial charge in [-0.3, -0.25) is 4.79 Å². The van der Waals surface area contributed by atoms with Crippen LogP contribution >= 0.6 is 11.6 Å². The van der Waals surface area contributed by atoms with Gasteiger partial charge in [0.25, 0.3) is 5.91 Å². The Hall–Kier alpha value is -1.92. The van der Waals surface area contributed by atoms with Gasteiger partial charge in [-0.15, -0.1) is 5.10 Å². The number of aryl methyl sites for hydroxylation is 1. The zero-order valence-electron chi connectivity index (χ0n) is 12.9. The molecule has 1 unspecified atom stereocenters. The predicted octanol–water partition coefficient (Wildman–Crippen LogP) is 2.12. The summed E-state index contributed by atoms with van der Waals surface area (Å²) < 4.78 is 0. The molecule has 1 aromatic carbocycles. The van der Waals surface area contributed by atoms with E-state index < -0.39 is 0 Å². The van der Waals surface area contributed by atoms with E-state index >= 15 is 0 Å². The number of amides is 1. The monoisotopic (exact) mass is 334 g/mol. The number of rotatable bonds is 6. The van der Waals surface area contributed by atoms with Gasteiger partial charge in [-0.1, -0.05) is 17.7 Å². The second-order valence-electron chi connectivity index (χ2n) is 5.83. The lowest BCUT2D eigenvalue weighted by Gasteiger charge is -2.16. The summed E-state index contributed by atoms with van der Waals surface area (Å²) in [5.74, 6) is 0.218. The molecule has 2 aromatic rings. The lowest BCUT2D eigenvalue weighted by atomic mass is 10.1. The first-order valence-electron chi connectivity index (χ1n) is 7.70. The Morgan fingerprint density at radius 1 is 1.48 bits per heavy atom. The number of nitrogens with zero attached hydrogens (tertiary/aromatic N) is 3. The summed E-state index contributed by atoms with van der Waals surface area (Å²) in [4.78, 5) is 13.9. The fraction of sp³-hybridized carbons (Fsp3) is 0.438. The van der Waals surface area contributed by atoms with Crippen LogP contribution in [0, 0.1) is 12.8 Å². The summed E-state index contributed by atoms with van der Waals surface area (Å²) in [6.07, 6.45) is 2.76. The number of carbonyl (C=O) groups is 1. The fourth-order valence-corrected chi connectivity index (χ4v) is 2.79. The summed E-state index contributed by atoms with van der Waals surface area (Å²) in [6, 6.07) is 7.14. The van der Waals surface area contributed by atoms with Crippen LogP contribution in [0.4, 0.5) is 0 Å². The number of hydrogen-bond acceptors (Lipinski definition) is 4. The highest BCUT2D eigenvalue weighted by atomic mass is 35.5. The Morgan fingerprint density at radius 3 is 2.91 bits per heavy atom. The van der Waals surface area contributed by atoms with Gasteiger partial charge >= 0.3 is 0 Å². The topological polar surface area (TPSA) is 80.0 Å². The highest BCUT2D eigenvalue weighted by Gasteiger charge is 2.32. The van der Waals surface area contributed by atoms with E-state index in [1.54, 1.807) is 25.1 Å². The number of aliphatic hydroxyl groups excluding tert-OH is 1.